The highest BCUT2D eigenvalue weighted by atomic mass is 16.5. The summed E-state index contributed by atoms with van der Waals surface area (Å²) in [6.45, 7) is 0. The molecule has 1 N–H and O–H groups in total. The number of methoxy groups -OCH3 is 3. The molecular weight excluding hydrogens is 240 g/mol. The molecule has 1 aromatic rings. The maximum Gasteiger partial charge on any atom is 0.374 e. The van der Waals surface area contributed by atoms with Crippen LogP contribution in [-0.4, -0.2) is 38.2 Å². The number of Topliss-reactive ketones (excluding diaryl/α,β-unsaturated/α-hetero) is 1. The summed E-state index contributed by atoms with van der Waals surface area (Å²) < 4.78 is 14.2. The lowest BCUT2D eigenvalue weighted by Crippen LogP contribution is -2.17. The second-order valence-electron chi connectivity index (χ2n) is 3.44. The Morgan fingerprint density at radius 2 is 1.61 bits per heavy atom. The molecule has 6 nitrogen and oxygen atoms in total. The highest BCUT2D eigenvalue weighted by Gasteiger charge is 2.17. The quantitative estimate of drug-likeness (QED) is 0.615. The average molecular weight is 254 g/mol. The Labute approximate surface area is 104 Å². The van der Waals surface area contributed by atoms with Gasteiger partial charge in [-0.25, -0.2) is 4.79 Å². The smallest absolute Gasteiger partial charge is 0.374 e. The van der Waals surface area contributed by atoms with Gasteiger partial charge in [0.05, 0.1) is 21.3 Å². The number of benzene rings is 1. The first kappa shape index (κ1) is 13.8. The van der Waals surface area contributed by atoms with Crippen molar-refractivity contribution in [1.82, 2.24) is 0 Å². The zero-order chi connectivity index (χ0) is 13.7. The number of phenols is 1. The van der Waals surface area contributed by atoms with Crippen molar-refractivity contribution in [3.8, 4) is 17.2 Å². The molecule has 0 aromatic heterocycles. The van der Waals surface area contributed by atoms with Crippen LogP contribution in [0, 0.1) is 0 Å². The van der Waals surface area contributed by atoms with Crippen molar-refractivity contribution in [1.29, 1.82) is 0 Å². The van der Waals surface area contributed by atoms with E-state index in [0.29, 0.717) is 5.56 Å². The Kier molecular flexibility index (Phi) is 4.53. The molecule has 1 rings (SSSR count). The molecule has 0 saturated carbocycles. The standard InChI is InChI=1S/C12H14O6/c1-16-9-5-7(4-8(13)12(15)18-3)6-10(17-2)11(9)14/h5-6,14H,4H2,1-3H3. The molecule has 18 heavy (non-hydrogen) atoms. The molecule has 0 bridgehead atoms. The first-order chi connectivity index (χ1) is 8.53. The first-order valence-corrected chi connectivity index (χ1v) is 5.08. The molecule has 0 heterocycles. The van der Waals surface area contributed by atoms with Crippen LogP contribution in [0.2, 0.25) is 0 Å². The predicted molar refractivity (Wildman–Crippen MR) is 61.9 cm³/mol. The normalized spacial score (nSPS) is 9.72. The molecule has 0 atom stereocenters. The van der Waals surface area contributed by atoms with E-state index in [4.69, 9.17) is 9.47 Å². The van der Waals surface area contributed by atoms with E-state index in [9.17, 15) is 14.7 Å². The summed E-state index contributed by atoms with van der Waals surface area (Å²) in [5.74, 6) is -1.42. The molecule has 0 unspecified atom stereocenters. The average Bonchev–Trinajstić information content (AvgIpc) is 2.39. The summed E-state index contributed by atoms with van der Waals surface area (Å²) in [6.07, 6.45) is -0.153. The van der Waals surface area contributed by atoms with Gasteiger partial charge in [-0.3, -0.25) is 4.79 Å². The number of carbonyl (C=O) groups is 2. The maximum atomic E-state index is 11.4. The van der Waals surface area contributed by atoms with Crippen LogP contribution in [0.5, 0.6) is 17.2 Å². The predicted octanol–water partition coefficient (Wildman–Crippen LogP) is 0.694. The second-order valence-corrected chi connectivity index (χ2v) is 3.44. The van der Waals surface area contributed by atoms with Crippen molar-refractivity contribution in [3.05, 3.63) is 17.7 Å². The van der Waals surface area contributed by atoms with Crippen LogP contribution in [0.1, 0.15) is 5.56 Å². The van der Waals surface area contributed by atoms with Crippen molar-refractivity contribution in [2.45, 2.75) is 6.42 Å². The third-order valence-electron chi connectivity index (χ3n) is 2.32. The van der Waals surface area contributed by atoms with Gasteiger partial charge in [0.15, 0.2) is 11.5 Å². The largest absolute Gasteiger partial charge is 0.502 e. The fraction of sp³-hybridized carbons (Fsp3) is 0.333. The molecule has 98 valence electrons. The summed E-state index contributed by atoms with van der Waals surface area (Å²) in [7, 11) is 3.89. The van der Waals surface area contributed by atoms with Crippen molar-refractivity contribution >= 4 is 11.8 Å². The van der Waals surface area contributed by atoms with Gasteiger partial charge in [-0.15, -0.1) is 0 Å². The summed E-state index contributed by atoms with van der Waals surface area (Å²) >= 11 is 0. The highest BCUT2D eigenvalue weighted by molar-refractivity contribution is 6.34. The second kappa shape index (κ2) is 5.90. The Balaban J connectivity index is 3.03. The zero-order valence-corrected chi connectivity index (χ0v) is 10.4. The van der Waals surface area contributed by atoms with Gasteiger partial charge in [0.25, 0.3) is 0 Å². The minimum Gasteiger partial charge on any atom is -0.502 e. The Bertz CT molecular complexity index is 441. The van der Waals surface area contributed by atoms with Gasteiger partial charge in [-0.05, 0) is 17.7 Å². The molecule has 0 saturated heterocycles. The number of rotatable bonds is 5. The van der Waals surface area contributed by atoms with E-state index in [2.05, 4.69) is 4.74 Å². The molecule has 0 aliphatic rings. The molecule has 0 amide bonds. The SMILES string of the molecule is COC(=O)C(=O)Cc1cc(OC)c(O)c(OC)c1. The van der Waals surface area contributed by atoms with Gasteiger partial charge >= 0.3 is 5.97 Å². The van der Waals surface area contributed by atoms with Gasteiger partial charge in [0, 0.05) is 6.42 Å². The summed E-state index contributed by atoms with van der Waals surface area (Å²) in [5, 5.41) is 9.68. The Hall–Kier alpha value is -2.24. The van der Waals surface area contributed by atoms with Crippen LogP contribution in [0.4, 0.5) is 0 Å². The van der Waals surface area contributed by atoms with Crippen LogP contribution < -0.4 is 9.47 Å². The van der Waals surface area contributed by atoms with Crippen molar-refractivity contribution in [2.24, 2.45) is 0 Å². The lowest BCUT2D eigenvalue weighted by atomic mass is 10.1. The van der Waals surface area contributed by atoms with Gasteiger partial charge in [0.2, 0.25) is 11.5 Å². The molecule has 0 fully saturated rings. The van der Waals surface area contributed by atoms with Crippen LogP contribution in [-0.2, 0) is 20.7 Å². The third-order valence-corrected chi connectivity index (χ3v) is 2.32. The molecule has 0 spiro atoms. The molecule has 0 radical (unpaired) electrons. The molecule has 0 aliphatic carbocycles. The number of hydrogen-bond acceptors (Lipinski definition) is 6. The summed E-state index contributed by atoms with van der Waals surface area (Å²) in [6, 6.07) is 2.91. The van der Waals surface area contributed by atoms with E-state index in [1.54, 1.807) is 0 Å². The van der Waals surface area contributed by atoms with Crippen molar-refractivity contribution in [3.63, 3.8) is 0 Å². The van der Waals surface area contributed by atoms with E-state index >= 15 is 0 Å². The number of ether oxygens (including phenoxy) is 3. The fourth-order valence-corrected chi connectivity index (χ4v) is 1.42. The first-order valence-electron chi connectivity index (χ1n) is 5.08. The molecule has 0 aliphatic heterocycles. The molecular formula is C12H14O6. The zero-order valence-electron chi connectivity index (χ0n) is 10.4. The van der Waals surface area contributed by atoms with Crippen LogP contribution in [0.3, 0.4) is 0 Å². The maximum absolute atomic E-state index is 11.4. The van der Waals surface area contributed by atoms with Gasteiger partial charge in [-0.2, -0.15) is 0 Å². The molecule has 1 aromatic carbocycles. The van der Waals surface area contributed by atoms with E-state index in [-0.39, 0.29) is 23.7 Å². The summed E-state index contributed by atoms with van der Waals surface area (Å²) in [5.41, 5.74) is 0.483. The summed E-state index contributed by atoms with van der Waals surface area (Å²) in [4.78, 5) is 22.4. The Morgan fingerprint density at radius 1 is 1.11 bits per heavy atom. The van der Waals surface area contributed by atoms with Crippen molar-refractivity contribution < 1.29 is 28.9 Å². The number of carbonyl (C=O) groups excluding carboxylic acids is 2. The van der Waals surface area contributed by atoms with Gasteiger partial charge in [0.1, 0.15) is 0 Å². The van der Waals surface area contributed by atoms with Crippen LogP contribution in [0.15, 0.2) is 12.1 Å². The minimum atomic E-state index is -0.916. The van der Waals surface area contributed by atoms with E-state index in [1.807, 2.05) is 0 Å². The number of ketones is 1. The van der Waals surface area contributed by atoms with Gasteiger partial charge in [-0.1, -0.05) is 0 Å². The lowest BCUT2D eigenvalue weighted by Gasteiger charge is -2.10. The molecule has 6 heteroatoms. The third kappa shape index (κ3) is 2.91. The minimum absolute atomic E-state index is 0.153. The van der Waals surface area contributed by atoms with E-state index in [1.165, 1.54) is 26.4 Å². The highest BCUT2D eigenvalue weighted by Crippen LogP contribution is 2.37. The van der Waals surface area contributed by atoms with Crippen molar-refractivity contribution in [2.75, 3.05) is 21.3 Å². The van der Waals surface area contributed by atoms with E-state index in [0.717, 1.165) is 7.11 Å². The number of phenolic OH excluding ortho intramolecular Hbond substituents is 1. The Morgan fingerprint density at radius 3 is 2.00 bits per heavy atom. The van der Waals surface area contributed by atoms with Crippen LogP contribution >= 0.6 is 0 Å². The van der Waals surface area contributed by atoms with Crippen LogP contribution in [0.25, 0.3) is 0 Å². The fourth-order valence-electron chi connectivity index (χ4n) is 1.42. The lowest BCUT2D eigenvalue weighted by molar-refractivity contribution is -0.151. The topological polar surface area (TPSA) is 82.1 Å². The van der Waals surface area contributed by atoms with Gasteiger partial charge < -0.3 is 19.3 Å². The number of aromatic hydroxyl groups is 1. The number of hydrogen-bond donors (Lipinski definition) is 1. The monoisotopic (exact) mass is 254 g/mol. The van der Waals surface area contributed by atoms with E-state index < -0.39 is 11.8 Å². The number of esters is 1.